The Balaban J connectivity index is 0.00000361. The summed E-state index contributed by atoms with van der Waals surface area (Å²) in [6.45, 7) is 10.5. The van der Waals surface area contributed by atoms with Crippen molar-refractivity contribution >= 4 is 10.4 Å². The summed E-state index contributed by atoms with van der Waals surface area (Å²) in [5.41, 5.74) is 0.482. The van der Waals surface area contributed by atoms with Crippen molar-refractivity contribution in [1.82, 2.24) is 5.32 Å². The molecule has 3 unspecified atom stereocenters. The molecule has 4 fully saturated rings. The molecule has 0 heterocycles. The maximum absolute atomic E-state index is 11.8. The van der Waals surface area contributed by atoms with E-state index in [9.17, 15) is 23.2 Å². The largest absolute Gasteiger partial charge is 1.00 e. The Bertz CT molecular complexity index is 844. The Morgan fingerprint density at radius 1 is 1.03 bits per heavy atom. The molecule has 0 aliphatic heterocycles. The minimum Gasteiger partial charge on any atom is -0.726 e. The summed E-state index contributed by atoms with van der Waals surface area (Å²) in [6.07, 6.45) is 9.22. The topological polar surface area (TPSA) is 119 Å². The van der Waals surface area contributed by atoms with Gasteiger partial charge < -0.3 is 20.1 Å². The van der Waals surface area contributed by atoms with Gasteiger partial charge in [-0.05, 0) is 110 Å². The SMILES string of the molecule is CC[C@H]1[C@@H](O)C2C3CC[C@H]([C@H](C)CCNCCOS(=O)(=O)[O-])[C@@]3(C)CCC2[C@@]2(C)CC[C@@H](O)C[C@@H]12.[Na+]. The van der Waals surface area contributed by atoms with E-state index >= 15 is 0 Å². The van der Waals surface area contributed by atoms with E-state index in [-0.39, 0.29) is 59.2 Å². The van der Waals surface area contributed by atoms with E-state index in [0.29, 0.717) is 48.0 Å². The third kappa shape index (κ3) is 5.92. The molecule has 0 aromatic heterocycles. The fourth-order valence-corrected chi connectivity index (χ4v) is 10.1. The van der Waals surface area contributed by atoms with Gasteiger partial charge in [0.1, 0.15) is 0 Å². The van der Waals surface area contributed by atoms with Crippen LogP contribution in [-0.2, 0) is 14.6 Å². The van der Waals surface area contributed by atoms with Gasteiger partial charge >= 0.3 is 29.6 Å². The molecule has 0 amide bonds. The molecule has 0 saturated heterocycles. The summed E-state index contributed by atoms with van der Waals surface area (Å²) in [5, 5.41) is 25.5. The van der Waals surface area contributed by atoms with Crippen molar-refractivity contribution in [2.75, 3.05) is 19.7 Å². The Morgan fingerprint density at radius 3 is 2.36 bits per heavy atom. The minimum atomic E-state index is -4.62. The van der Waals surface area contributed by atoms with Gasteiger partial charge in [-0.25, -0.2) is 8.42 Å². The minimum absolute atomic E-state index is 0. The van der Waals surface area contributed by atoms with Crippen LogP contribution in [0.1, 0.15) is 85.5 Å². The van der Waals surface area contributed by atoms with Gasteiger partial charge in [0.15, 0.2) is 0 Å². The summed E-state index contributed by atoms with van der Waals surface area (Å²) in [7, 11) is -4.62. The zero-order chi connectivity index (χ0) is 25.6. The second-order valence-corrected chi connectivity index (χ2v) is 13.9. The van der Waals surface area contributed by atoms with Crippen LogP contribution in [-0.4, -0.2) is 55.1 Å². The van der Waals surface area contributed by atoms with Gasteiger partial charge in [0.25, 0.3) is 0 Å². The molecule has 36 heavy (non-hydrogen) atoms. The van der Waals surface area contributed by atoms with E-state index in [2.05, 4.69) is 37.2 Å². The second kappa shape index (κ2) is 12.1. The van der Waals surface area contributed by atoms with Crippen LogP contribution >= 0.6 is 0 Å². The van der Waals surface area contributed by atoms with Crippen molar-refractivity contribution in [2.24, 2.45) is 52.3 Å². The Labute approximate surface area is 241 Å². The van der Waals surface area contributed by atoms with Crippen molar-refractivity contribution in [1.29, 1.82) is 0 Å². The van der Waals surface area contributed by atoms with E-state index in [4.69, 9.17) is 0 Å². The fraction of sp³-hybridized carbons (Fsp3) is 1.00. The van der Waals surface area contributed by atoms with Crippen LogP contribution in [0.2, 0.25) is 0 Å². The molecule has 4 saturated carbocycles. The van der Waals surface area contributed by atoms with E-state index in [1.54, 1.807) is 0 Å². The van der Waals surface area contributed by atoms with Gasteiger partial charge in [-0.3, -0.25) is 4.18 Å². The van der Waals surface area contributed by atoms with Crippen molar-refractivity contribution in [3.8, 4) is 0 Å². The molecule has 0 bridgehead atoms. The maximum atomic E-state index is 11.8. The summed E-state index contributed by atoms with van der Waals surface area (Å²) in [6, 6.07) is 0. The predicted octanol–water partition coefficient (Wildman–Crippen LogP) is 0.710. The Kier molecular flexibility index (Phi) is 10.5. The molecule has 4 aliphatic rings. The third-order valence-electron chi connectivity index (χ3n) is 11.4. The predicted molar refractivity (Wildman–Crippen MR) is 134 cm³/mol. The fourth-order valence-electron chi connectivity index (χ4n) is 9.80. The molecule has 0 radical (unpaired) electrons. The van der Waals surface area contributed by atoms with Crippen LogP contribution < -0.4 is 34.9 Å². The molecule has 0 aromatic rings. The zero-order valence-corrected chi connectivity index (χ0v) is 25.9. The number of fused-ring (bicyclic) bond motifs is 5. The van der Waals surface area contributed by atoms with Gasteiger partial charge in [-0.15, -0.1) is 0 Å². The number of hydrogen-bond acceptors (Lipinski definition) is 7. The first kappa shape index (κ1) is 31.3. The number of aliphatic hydroxyl groups is 2. The summed E-state index contributed by atoms with van der Waals surface area (Å²) in [5.74, 6) is 3.37. The molecule has 11 atom stereocenters. The second-order valence-electron chi connectivity index (χ2n) is 12.9. The monoisotopic (exact) mass is 537 g/mol. The van der Waals surface area contributed by atoms with E-state index in [1.807, 2.05) is 0 Å². The summed E-state index contributed by atoms with van der Waals surface area (Å²) >= 11 is 0. The standard InChI is InChI=1S/C27H49NO6S.Na/c1-5-19-23-16-18(29)8-11-27(23,4)22-9-12-26(3)20(6-7-21(26)24(22)25(19)30)17(2)10-13-28-14-15-34-35(31,32)33;/h17-25,28-30H,5-16H2,1-4H3,(H,31,32,33);/q;+1/p-1/t17-,18-,19-,20-,21?,22?,23+,24?,25-,26-,27-;/m1./s1. The molecule has 0 aromatic carbocycles. The van der Waals surface area contributed by atoms with Crippen LogP contribution in [0.4, 0.5) is 0 Å². The van der Waals surface area contributed by atoms with Crippen LogP contribution in [0.25, 0.3) is 0 Å². The normalized spacial score (nSPS) is 45.2. The van der Waals surface area contributed by atoms with Crippen LogP contribution in [0.5, 0.6) is 0 Å². The van der Waals surface area contributed by atoms with E-state index in [0.717, 1.165) is 38.6 Å². The smallest absolute Gasteiger partial charge is 0.726 e. The van der Waals surface area contributed by atoms with E-state index < -0.39 is 10.4 Å². The summed E-state index contributed by atoms with van der Waals surface area (Å²) < 4.78 is 35.9. The molecule has 7 nitrogen and oxygen atoms in total. The molecule has 9 heteroatoms. The van der Waals surface area contributed by atoms with Crippen LogP contribution in [0, 0.1) is 52.3 Å². The van der Waals surface area contributed by atoms with Crippen LogP contribution in [0.15, 0.2) is 0 Å². The Morgan fingerprint density at radius 2 is 1.69 bits per heavy atom. The molecular formula is C27H48NNaO6S. The van der Waals surface area contributed by atoms with Gasteiger partial charge in [-0.1, -0.05) is 34.1 Å². The first-order chi connectivity index (χ1) is 16.4. The quantitative estimate of drug-likeness (QED) is 0.172. The van der Waals surface area contributed by atoms with Crippen molar-refractivity contribution in [3.05, 3.63) is 0 Å². The van der Waals surface area contributed by atoms with E-state index in [1.165, 1.54) is 25.7 Å². The molecule has 4 rings (SSSR count). The third-order valence-corrected chi connectivity index (χ3v) is 11.9. The summed E-state index contributed by atoms with van der Waals surface area (Å²) in [4.78, 5) is 0. The average Bonchev–Trinajstić information content (AvgIpc) is 3.14. The van der Waals surface area contributed by atoms with Crippen molar-refractivity contribution in [3.63, 3.8) is 0 Å². The van der Waals surface area contributed by atoms with Gasteiger partial charge in [0.05, 0.1) is 18.8 Å². The van der Waals surface area contributed by atoms with Gasteiger partial charge in [0.2, 0.25) is 10.4 Å². The van der Waals surface area contributed by atoms with Crippen LogP contribution in [0.3, 0.4) is 0 Å². The van der Waals surface area contributed by atoms with Crippen molar-refractivity contribution < 1.29 is 56.9 Å². The maximum Gasteiger partial charge on any atom is 1.00 e. The molecular weight excluding hydrogens is 489 g/mol. The average molecular weight is 538 g/mol. The molecule has 4 aliphatic carbocycles. The first-order valence-electron chi connectivity index (χ1n) is 14.1. The number of rotatable bonds is 9. The first-order valence-corrected chi connectivity index (χ1v) is 15.4. The molecule has 0 spiro atoms. The number of hydrogen-bond donors (Lipinski definition) is 3. The zero-order valence-electron chi connectivity index (χ0n) is 23.1. The van der Waals surface area contributed by atoms with Gasteiger partial charge in [0, 0.05) is 6.54 Å². The molecule has 204 valence electrons. The molecule has 3 N–H and O–H groups in total. The van der Waals surface area contributed by atoms with Crippen molar-refractivity contribution in [2.45, 2.75) is 97.7 Å². The number of nitrogens with one attached hydrogen (secondary N) is 1. The van der Waals surface area contributed by atoms with Gasteiger partial charge in [-0.2, -0.15) is 0 Å². The number of aliphatic hydroxyl groups excluding tert-OH is 2. The Hall–Kier alpha value is 0.750.